The highest BCUT2D eigenvalue weighted by Crippen LogP contribution is 2.24. The second-order valence-electron chi connectivity index (χ2n) is 6.75. The van der Waals surface area contributed by atoms with Crippen LogP contribution in [0.1, 0.15) is 25.3 Å². The molecule has 1 heterocycles. The van der Waals surface area contributed by atoms with Gasteiger partial charge in [-0.15, -0.1) is 0 Å². The quantitative estimate of drug-likeness (QED) is 0.869. The second kappa shape index (κ2) is 8.04. The lowest BCUT2D eigenvalue weighted by Gasteiger charge is -2.23. The van der Waals surface area contributed by atoms with Gasteiger partial charge in [-0.2, -0.15) is 0 Å². The summed E-state index contributed by atoms with van der Waals surface area (Å²) >= 11 is 0. The molecule has 5 nitrogen and oxygen atoms in total. The van der Waals surface area contributed by atoms with Crippen LogP contribution in [-0.4, -0.2) is 36.3 Å². The molecule has 2 amide bonds. The smallest absolute Gasteiger partial charge is 0.244 e. The van der Waals surface area contributed by atoms with E-state index in [1.165, 1.54) is 0 Å². The predicted molar refractivity (Wildman–Crippen MR) is 104 cm³/mol. The Morgan fingerprint density at radius 3 is 2.65 bits per heavy atom. The van der Waals surface area contributed by atoms with Gasteiger partial charge in [-0.25, -0.2) is 0 Å². The first kappa shape index (κ1) is 18.0. The molecule has 1 fully saturated rings. The normalized spacial score (nSPS) is 15.0. The van der Waals surface area contributed by atoms with E-state index in [1.54, 1.807) is 9.80 Å². The number of hydrogen-bond acceptors (Lipinski definition) is 3. The van der Waals surface area contributed by atoms with Gasteiger partial charge >= 0.3 is 0 Å². The van der Waals surface area contributed by atoms with E-state index >= 15 is 0 Å². The van der Waals surface area contributed by atoms with Crippen molar-refractivity contribution >= 4 is 23.2 Å². The molecule has 5 heteroatoms. The molecular weight excluding hydrogens is 326 g/mol. The molecule has 1 saturated heterocycles. The first-order valence-corrected chi connectivity index (χ1v) is 9.00. The number of nitrogens with one attached hydrogen (secondary N) is 1. The SMILES string of the molecule is C[C@@H](Nc1cccc(N2CCCC2=O)c1)C(=O)N(C)Cc1ccccc1. The minimum Gasteiger partial charge on any atom is -0.374 e. The number of nitrogens with zero attached hydrogens (tertiary/aromatic N) is 2. The summed E-state index contributed by atoms with van der Waals surface area (Å²) in [7, 11) is 1.81. The number of benzene rings is 2. The van der Waals surface area contributed by atoms with E-state index < -0.39 is 0 Å². The van der Waals surface area contributed by atoms with Crippen LogP contribution in [0.5, 0.6) is 0 Å². The molecule has 26 heavy (non-hydrogen) atoms. The predicted octanol–water partition coefficient (Wildman–Crippen LogP) is 3.27. The van der Waals surface area contributed by atoms with Crippen molar-refractivity contribution in [1.82, 2.24) is 4.90 Å². The second-order valence-corrected chi connectivity index (χ2v) is 6.75. The van der Waals surface area contributed by atoms with Gasteiger partial charge in [-0.05, 0) is 37.1 Å². The van der Waals surface area contributed by atoms with E-state index in [1.807, 2.05) is 68.6 Å². The molecule has 3 rings (SSSR count). The number of carbonyl (C=O) groups excluding carboxylic acids is 2. The standard InChI is InChI=1S/C21H25N3O2/c1-16(21(26)23(2)15-17-8-4-3-5-9-17)22-18-10-6-11-19(14-18)24-13-7-12-20(24)25/h3-6,8-11,14,16,22H,7,12-13,15H2,1-2H3/t16-/m1/s1. The van der Waals surface area contributed by atoms with E-state index in [2.05, 4.69) is 5.32 Å². The number of likely N-dealkylation sites (N-methyl/N-ethyl adjacent to an activating group) is 1. The van der Waals surface area contributed by atoms with Gasteiger partial charge < -0.3 is 15.1 Å². The lowest BCUT2D eigenvalue weighted by molar-refractivity contribution is -0.130. The number of amides is 2. The molecule has 136 valence electrons. The molecule has 0 bridgehead atoms. The zero-order valence-electron chi connectivity index (χ0n) is 15.3. The van der Waals surface area contributed by atoms with E-state index in [9.17, 15) is 9.59 Å². The topological polar surface area (TPSA) is 52.7 Å². The zero-order chi connectivity index (χ0) is 18.5. The summed E-state index contributed by atoms with van der Waals surface area (Å²) in [5.41, 5.74) is 2.83. The fraction of sp³-hybridized carbons (Fsp3) is 0.333. The molecule has 1 aliphatic heterocycles. The molecule has 0 aliphatic carbocycles. The lowest BCUT2D eigenvalue weighted by atomic mass is 10.2. The number of carbonyl (C=O) groups is 2. The van der Waals surface area contributed by atoms with Crippen molar-refractivity contribution in [2.75, 3.05) is 23.8 Å². The van der Waals surface area contributed by atoms with Crippen molar-refractivity contribution in [3.05, 3.63) is 60.2 Å². The van der Waals surface area contributed by atoms with E-state index in [0.29, 0.717) is 13.0 Å². The maximum absolute atomic E-state index is 12.6. The maximum atomic E-state index is 12.6. The van der Waals surface area contributed by atoms with Gasteiger partial charge in [0.25, 0.3) is 0 Å². The molecule has 0 radical (unpaired) electrons. The van der Waals surface area contributed by atoms with Crippen LogP contribution in [0.2, 0.25) is 0 Å². The fourth-order valence-corrected chi connectivity index (χ4v) is 3.26. The number of rotatable bonds is 6. The highest BCUT2D eigenvalue weighted by molar-refractivity contribution is 5.95. The molecule has 0 aromatic heterocycles. The Morgan fingerprint density at radius 2 is 1.96 bits per heavy atom. The van der Waals surface area contributed by atoms with Crippen molar-refractivity contribution in [3.8, 4) is 0 Å². The van der Waals surface area contributed by atoms with Crippen LogP contribution < -0.4 is 10.2 Å². The molecule has 1 N–H and O–H groups in total. The summed E-state index contributed by atoms with van der Waals surface area (Å²) in [4.78, 5) is 28.1. The first-order chi connectivity index (χ1) is 12.5. The Labute approximate surface area is 154 Å². The molecule has 2 aromatic carbocycles. The molecule has 0 unspecified atom stereocenters. The van der Waals surface area contributed by atoms with Crippen LogP contribution in [0.15, 0.2) is 54.6 Å². The van der Waals surface area contributed by atoms with Gasteiger partial charge in [0.1, 0.15) is 6.04 Å². The zero-order valence-corrected chi connectivity index (χ0v) is 15.3. The van der Waals surface area contributed by atoms with Crippen molar-refractivity contribution < 1.29 is 9.59 Å². The van der Waals surface area contributed by atoms with Gasteiger partial charge in [0.2, 0.25) is 11.8 Å². The van der Waals surface area contributed by atoms with Crippen LogP contribution in [0.25, 0.3) is 0 Å². The molecule has 2 aromatic rings. The largest absolute Gasteiger partial charge is 0.374 e. The van der Waals surface area contributed by atoms with Crippen LogP contribution in [0.4, 0.5) is 11.4 Å². The Kier molecular flexibility index (Phi) is 5.56. The Bertz CT molecular complexity index is 776. The third-order valence-electron chi connectivity index (χ3n) is 4.62. The Balaban J connectivity index is 1.62. The first-order valence-electron chi connectivity index (χ1n) is 9.00. The fourth-order valence-electron chi connectivity index (χ4n) is 3.26. The summed E-state index contributed by atoms with van der Waals surface area (Å²) in [5.74, 6) is 0.186. The van der Waals surface area contributed by atoms with Crippen molar-refractivity contribution in [3.63, 3.8) is 0 Å². The minimum absolute atomic E-state index is 0.0245. The summed E-state index contributed by atoms with van der Waals surface area (Å²) in [6, 6.07) is 17.3. The maximum Gasteiger partial charge on any atom is 0.244 e. The monoisotopic (exact) mass is 351 g/mol. The van der Waals surface area contributed by atoms with Crippen LogP contribution >= 0.6 is 0 Å². The highest BCUT2D eigenvalue weighted by Gasteiger charge is 2.22. The summed E-state index contributed by atoms with van der Waals surface area (Å²) < 4.78 is 0. The number of anilines is 2. The van der Waals surface area contributed by atoms with Crippen LogP contribution in [0, 0.1) is 0 Å². The highest BCUT2D eigenvalue weighted by atomic mass is 16.2. The molecule has 0 spiro atoms. The van der Waals surface area contributed by atoms with E-state index in [4.69, 9.17) is 0 Å². The van der Waals surface area contributed by atoms with Gasteiger partial charge in [-0.3, -0.25) is 9.59 Å². The van der Waals surface area contributed by atoms with Crippen molar-refractivity contribution in [1.29, 1.82) is 0 Å². The minimum atomic E-state index is -0.353. The molecule has 0 saturated carbocycles. The van der Waals surface area contributed by atoms with Crippen LogP contribution in [0.3, 0.4) is 0 Å². The summed E-state index contributed by atoms with van der Waals surface area (Å²) in [5, 5.41) is 3.26. The van der Waals surface area contributed by atoms with Crippen LogP contribution in [-0.2, 0) is 16.1 Å². The van der Waals surface area contributed by atoms with Crippen molar-refractivity contribution in [2.24, 2.45) is 0 Å². The summed E-state index contributed by atoms with van der Waals surface area (Å²) in [6.45, 7) is 3.20. The molecule has 1 aliphatic rings. The average Bonchev–Trinajstić information content (AvgIpc) is 3.08. The third kappa shape index (κ3) is 4.23. The molecular formula is C21H25N3O2. The van der Waals surface area contributed by atoms with Crippen molar-refractivity contribution in [2.45, 2.75) is 32.4 Å². The van der Waals surface area contributed by atoms with Gasteiger partial charge in [0.05, 0.1) is 0 Å². The van der Waals surface area contributed by atoms with E-state index in [-0.39, 0.29) is 17.9 Å². The average molecular weight is 351 g/mol. The Morgan fingerprint density at radius 1 is 1.19 bits per heavy atom. The third-order valence-corrected chi connectivity index (χ3v) is 4.62. The summed E-state index contributed by atoms with van der Waals surface area (Å²) in [6.07, 6.45) is 1.51. The van der Waals surface area contributed by atoms with Gasteiger partial charge in [-0.1, -0.05) is 36.4 Å². The Hall–Kier alpha value is -2.82. The van der Waals surface area contributed by atoms with Gasteiger partial charge in [0, 0.05) is 37.9 Å². The molecule has 1 atom stereocenters. The van der Waals surface area contributed by atoms with E-state index in [0.717, 1.165) is 29.9 Å². The van der Waals surface area contributed by atoms with Gasteiger partial charge in [0.15, 0.2) is 0 Å². The lowest BCUT2D eigenvalue weighted by Crippen LogP contribution is -2.38. The number of hydrogen-bond donors (Lipinski definition) is 1.